The first-order chi connectivity index (χ1) is 13.0. The van der Waals surface area contributed by atoms with Gasteiger partial charge in [0.1, 0.15) is 11.5 Å². The summed E-state index contributed by atoms with van der Waals surface area (Å²) in [5, 5.41) is 4.32. The number of hydrogen-bond acceptors (Lipinski definition) is 4. The van der Waals surface area contributed by atoms with Crippen LogP contribution >= 0.6 is 11.6 Å². The molecule has 3 aromatic rings. The van der Waals surface area contributed by atoms with Crippen molar-refractivity contribution in [2.24, 2.45) is 0 Å². The van der Waals surface area contributed by atoms with Gasteiger partial charge in [0.25, 0.3) is 5.91 Å². The first-order valence-corrected chi connectivity index (χ1v) is 9.17. The normalized spacial score (nSPS) is 10.7. The molecule has 3 rings (SSSR count). The maximum Gasteiger partial charge on any atom is 0.257 e. The van der Waals surface area contributed by atoms with Crippen LogP contribution in [0.1, 0.15) is 29.9 Å². The number of fused-ring (bicyclic) bond motifs is 1. The third kappa shape index (κ3) is 4.31. The van der Waals surface area contributed by atoms with Crippen molar-refractivity contribution in [2.45, 2.75) is 20.8 Å². The number of carbonyl (C=O) groups is 1. The summed E-state index contributed by atoms with van der Waals surface area (Å²) in [5.41, 5.74) is 2.47. The van der Waals surface area contributed by atoms with E-state index < -0.39 is 0 Å². The Morgan fingerprint density at radius 3 is 2.59 bits per heavy atom. The lowest BCUT2D eigenvalue weighted by atomic mass is 10.1. The van der Waals surface area contributed by atoms with E-state index in [2.05, 4.69) is 10.3 Å². The van der Waals surface area contributed by atoms with Crippen LogP contribution in [0.2, 0.25) is 5.02 Å². The molecule has 1 heterocycles. The van der Waals surface area contributed by atoms with Crippen LogP contribution in [-0.4, -0.2) is 24.1 Å². The van der Waals surface area contributed by atoms with Crippen LogP contribution in [0.5, 0.6) is 11.5 Å². The van der Waals surface area contributed by atoms with E-state index in [9.17, 15) is 4.79 Å². The van der Waals surface area contributed by atoms with Gasteiger partial charge in [-0.1, -0.05) is 11.6 Å². The second-order valence-electron chi connectivity index (χ2n) is 5.94. The monoisotopic (exact) mass is 384 g/mol. The van der Waals surface area contributed by atoms with Crippen molar-refractivity contribution in [3.63, 3.8) is 0 Å². The number of rotatable bonds is 6. The number of ether oxygens (including phenoxy) is 2. The van der Waals surface area contributed by atoms with E-state index in [4.69, 9.17) is 21.1 Å². The Balaban J connectivity index is 1.96. The number of aromatic nitrogens is 1. The zero-order valence-corrected chi connectivity index (χ0v) is 16.3. The zero-order valence-electron chi connectivity index (χ0n) is 15.5. The molecule has 0 saturated carbocycles. The first kappa shape index (κ1) is 19.0. The van der Waals surface area contributed by atoms with Crippen molar-refractivity contribution in [1.82, 2.24) is 4.98 Å². The summed E-state index contributed by atoms with van der Waals surface area (Å²) in [6.45, 7) is 6.64. The van der Waals surface area contributed by atoms with E-state index in [1.165, 1.54) is 0 Å². The molecular formula is C21H21ClN2O3. The van der Waals surface area contributed by atoms with Gasteiger partial charge in [-0.3, -0.25) is 9.78 Å². The number of amides is 1. The Kier molecular flexibility index (Phi) is 5.81. The number of pyridine rings is 1. The minimum absolute atomic E-state index is 0.267. The van der Waals surface area contributed by atoms with Crippen LogP contribution in [0.15, 0.2) is 42.5 Å². The molecule has 0 aliphatic carbocycles. The molecule has 5 nitrogen and oxygen atoms in total. The number of nitrogens with one attached hydrogen (secondary N) is 1. The number of aryl methyl sites for hydroxylation is 1. The van der Waals surface area contributed by atoms with Crippen LogP contribution in [0.25, 0.3) is 10.9 Å². The molecule has 0 aliphatic heterocycles. The van der Waals surface area contributed by atoms with Crippen LogP contribution in [-0.2, 0) is 0 Å². The first-order valence-electron chi connectivity index (χ1n) is 8.79. The van der Waals surface area contributed by atoms with Crippen LogP contribution in [0, 0.1) is 6.92 Å². The molecule has 0 atom stereocenters. The van der Waals surface area contributed by atoms with E-state index in [-0.39, 0.29) is 5.91 Å². The van der Waals surface area contributed by atoms with E-state index >= 15 is 0 Å². The Morgan fingerprint density at radius 2 is 1.85 bits per heavy atom. The van der Waals surface area contributed by atoms with Crippen LogP contribution < -0.4 is 14.8 Å². The van der Waals surface area contributed by atoms with Gasteiger partial charge in [0.05, 0.1) is 35.7 Å². The van der Waals surface area contributed by atoms with Crippen molar-refractivity contribution in [3.05, 3.63) is 58.7 Å². The van der Waals surface area contributed by atoms with Gasteiger partial charge in [-0.05, 0) is 57.2 Å². The molecule has 0 spiro atoms. The highest BCUT2D eigenvalue weighted by Crippen LogP contribution is 2.30. The highest BCUT2D eigenvalue weighted by Gasteiger charge is 2.15. The summed E-state index contributed by atoms with van der Waals surface area (Å²) >= 11 is 6.06. The Bertz CT molecular complexity index is 989. The van der Waals surface area contributed by atoms with E-state index in [0.717, 1.165) is 10.9 Å². The predicted molar refractivity (Wildman–Crippen MR) is 108 cm³/mol. The van der Waals surface area contributed by atoms with Gasteiger partial charge >= 0.3 is 0 Å². The van der Waals surface area contributed by atoms with Gasteiger partial charge in [-0.15, -0.1) is 0 Å². The Labute approximate surface area is 163 Å². The van der Waals surface area contributed by atoms with Gasteiger partial charge < -0.3 is 14.8 Å². The van der Waals surface area contributed by atoms with Crippen LogP contribution in [0.4, 0.5) is 5.69 Å². The van der Waals surface area contributed by atoms with Crippen molar-refractivity contribution < 1.29 is 14.3 Å². The lowest BCUT2D eigenvalue weighted by Gasteiger charge is -2.14. The van der Waals surface area contributed by atoms with Gasteiger partial charge in [-0.2, -0.15) is 0 Å². The minimum atomic E-state index is -0.267. The largest absolute Gasteiger partial charge is 0.494 e. The van der Waals surface area contributed by atoms with Crippen molar-refractivity contribution >= 4 is 34.1 Å². The van der Waals surface area contributed by atoms with Crippen molar-refractivity contribution in [3.8, 4) is 11.5 Å². The maximum absolute atomic E-state index is 12.9. The summed E-state index contributed by atoms with van der Waals surface area (Å²) in [7, 11) is 0. The summed E-state index contributed by atoms with van der Waals surface area (Å²) in [4.78, 5) is 17.4. The highest BCUT2D eigenvalue weighted by atomic mass is 35.5. The predicted octanol–water partition coefficient (Wildman–Crippen LogP) is 5.25. The Morgan fingerprint density at radius 1 is 1.07 bits per heavy atom. The molecule has 0 radical (unpaired) electrons. The number of anilines is 1. The molecule has 140 valence electrons. The molecule has 27 heavy (non-hydrogen) atoms. The number of carbonyl (C=O) groups excluding carboxylic acids is 1. The number of nitrogens with zero attached hydrogens (tertiary/aromatic N) is 1. The molecule has 1 aromatic heterocycles. The number of hydrogen-bond donors (Lipinski definition) is 1. The highest BCUT2D eigenvalue weighted by molar-refractivity contribution is 6.31. The SMILES string of the molecule is CCOc1ccc(OCC)c(NC(=O)c2cc3cc(Cl)ccc3nc2C)c1. The third-order valence-electron chi connectivity index (χ3n) is 4.02. The molecule has 6 heteroatoms. The van der Waals surface area contributed by atoms with E-state index in [1.807, 2.05) is 32.9 Å². The summed E-state index contributed by atoms with van der Waals surface area (Å²) in [5.74, 6) is 0.983. The van der Waals surface area contributed by atoms with Gasteiger partial charge in [-0.25, -0.2) is 0 Å². The second-order valence-corrected chi connectivity index (χ2v) is 6.37. The second kappa shape index (κ2) is 8.27. The third-order valence-corrected chi connectivity index (χ3v) is 4.26. The van der Waals surface area contributed by atoms with E-state index in [1.54, 1.807) is 30.3 Å². The lowest BCUT2D eigenvalue weighted by molar-refractivity contribution is 0.102. The fourth-order valence-electron chi connectivity index (χ4n) is 2.81. The maximum atomic E-state index is 12.9. The topological polar surface area (TPSA) is 60.5 Å². The van der Waals surface area contributed by atoms with Gasteiger partial charge in [0, 0.05) is 16.5 Å². The van der Waals surface area contributed by atoms with E-state index in [0.29, 0.717) is 46.7 Å². The molecule has 2 aromatic carbocycles. The minimum Gasteiger partial charge on any atom is -0.494 e. The standard InChI is InChI=1S/C21H21ClN2O3/c1-4-26-16-7-9-20(27-5-2)19(12-16)24-21(25)17-11-14-10-15(22)6-8-18(14)23-13(17)3/h6-12H,4-5H2,1-3H3,(H,24,25). The summed E-state index contributed by atoms with van der Waals surface area (Å²) in [6, 6.07) is 12.6. The molecule has 1 amide bonds. The fourth-order valence-corrected chi connectivity index (χ4v) is 2.99. The lowest BCUT2D eigenvalue weighted by Crippen LogP contribution is -2.15. The summed E-state index contributed by atoms with van der Waals surface area (Å²) < 4.78 is 11.1. The zero-order chi connectivity index (χ0) is 19.4. The molecule has 0 fully saturated rings. The molecule has 0 unspecified atom stereocenters. The molecule has 0 aliphatic rings. The quantitative estimate of drug-likeness (QED) is 0.630. The Hall–Kier alpha value is -2.79. The fraction of sp³-hybridized carbons (Fsp3) is 0.238. The van der Waals surface area contributed by atoms with Crippen molar-refractivity contribution in [2.75, 3.05) is 18.5 Å². The van der Waals surface area contributed by atoms with Crippen LogP contribution in [0.3, 0.4) is 0 Å². The molecule has 0 saturated heterocycles. The number of benzene rings is 2. The molecule has 0 bridgehead atoms. The smallest absolute Gasteiger partial charge is 0.257 e. The van der Waals surface area contributed by atoms with Crippen molar-refractivity contribution in [1.29, 1.82) is 0 Å². The molecular weight excluding hydrogens is 364 g/mol. The molecule has 1 N–H and O–H groups in total. The average molecular weight is 385 g/mol. The van der Waals surface area contributed by atoms with Gasteiger partial charge in [0.15, 0.2) is 0 Å². The summed E-state index contributed by atoms with van der Waals surface area (Å²) in [6.07, 6.45) is 0. The van der Waals surface area contributed by atoms with Gasteiger partial charge in [0.2, 0.25) is 0 Å². The average Bonchev–Trinajstić information content (AvgIpc) is 2.64. The number of halogens is 1.